The predicted molar refractivity (Wildman–Crippen MR) is 204 cm³/mol. The standard InChI is InChI=1S/C45H31N5/c1-4-15-30(16-5-1)32-19-14-20-33(29-32)44-46-43(31-17-6-2-7-18-31)47-45(48-44)50-40-26-13-11-24-36(40)38-28-27-37-35-23-10-12-25-39(35)49(41(37)42(38)50)34-21-8-3-9-22-34/h1-29,36,40H. The maximum absolute atomic E-state index is 5.34. The van der Waals surface area contributed by atoms with Crippen LogP contribution in [0.3, 0.4) is 0 Å². The van der Waals surface area contributed by atoms with Crippen molar-refractivity contribution in [3.63, 3.8) is 0 Å². The molecule has 0 N–H and O–H groups in total. The molecule has 0 spiro atoms. The lowest BCUT2D eigenvalue weighted by Gasteiger charge is -2.27. The van der Waals surface area contributed by atoms with Gasteiger partial charge in [-0.2, -0.15) is 9.97 Å². The first-order valence-electron chi connectivity index (χ1n) is 17.0. The van der Waals surface area contributed by atoms with Gasteiger partial charge >= 0.3 is 0 Å². The van der Waals surface area contributed by atoms with Gasteiger partial charge in [0.15, 0.2) is 11.6 Å². The highest BCUT2D eigenvalue weighted by atomic mass is 15.3. The summed E-state index contributed by atoms with van der Waals surface area (Å²) < 4.78 is 2.41. The summed E-state index contributed by atoms with van der Waals surface area (Å²) in [6.07, 6.45) is 8.91. The summed E-state index contributed by atoms with van der Waals surface area (Å²) in [5, 5.41) is 2.42. The molecule has 1 aliphatic carbocycles. The molecule has 2 aromatic heterocycles. The second-order valence-corrected chi connectivity index (χ2v) is 12.8. The van der Waals surface area contributed by atoms with E-state index >= 15 is 0 Å². The number of para-hydroxylation sites is 2. The Kier molecular flexibility index (Phi) is 6.56. The Morgan fingerprint density at radius 2 is 1.12 bits per heavy atom. The lowest BCUT2D eigenvalue weighted by molar-refractivity contribution is 0.728. The van der Waals surface area contributed by atoms with Crippen LogP contribution in [0.1, 0.15) is 11.5 Å². The molecule has 1 aliphatic heterocycles. The summed E-state index contributed by atoms with van der Waals surface area (Å²) in [6.45, 7) is 0. The van der Waals surface area contributed by atoms with Gasteiger partial charge < -0.3 is 9.47 Å². The molecular weight excluding hydrogens is 611 g/mol. The van der Waals surface area contributed by atoms with E-state index in [0.717, 1.165) is 39.1 Å². The first-order chi connectivity index (χ1) is 24.8. The van der Waals surface area contributed by atoms with Crippen molar-refractivity contribution < 1.29 is 0 Å². The Bertz CT molecular complexity index is 2600. The van der Waals surface area contributed by atoms with Gasteiger partial charge in [0.1, 0.15) is 0 Å². The third-order valence-corrected chi connectivity index (χ3v) is 9.96. The molecule has 5 heteroatoms. The number of rotatable bonds is 5. The van der Waals surface area contributed by atoms with Gasteiger partial charge in [0.05, 0.1) is 22.8 Å². The van der Waals surface area contributed by atoms with Crippen molar-refractivity contribution in [1.29, 1.82) is 0 Å². The number of benzene rings is 6. The first kappa shape index (κ1) is 28.4. The molecule has 2 aliphatic rings. The Hall–Kier alpha value is -6.59. The third kappa shape index (κ3) is 4.51. The zero-order valence-corrected chi connectivity index (χ0v) is 27.1. The Balaban J connectivity index is 1.26. The quantitative estimate of drug-likeness (QED) is 0.188. The minimum absolute atomic E-state index is 0.00244. The van der Waals surface area contributed by atoms with Crippen molar-refractivity contribution in [2.45, 2.75) is 12.0 Å². The van der Waals surface area contributed by atoms with E-state index in [4.69, 9.17) is 15.0 Å². The smallest absolute Gasteiger partial charge is 0.234 e. The van der Waals surface area contributed by atoms with Crippen LogP contribution in [-0.4, -0.2) is 25.6 Å². The minimum Gasteiger partial charge on any atom is -0.307 e. The van der Waals surface area contributed by atoms with Crippen molar-refractivity contribution >= 4 is 33.4 Å². The minimum atomic E-state index is -0.00244. The fourth-order valence-corrected chi connectivity index (χ4v) is 7.72. The maximum atomic E-state index is 5.34. The Morgan fingerprint density at radius 3 is 1.92 bits per heavy atom. The van der Waals surface area contributed by atoms with Crippen LogP contribution in [0.4, 0.5) is 11.6 Å². The fraction of sp³-hybridized carbons (Fsp3) is 0.0444. The van der Waals surface area contributed by atoms with E-state index in [2.05, 4.69) is 161 Å². The van der Waals surface area contributed by atoms with Crippen molar-refractivity contribution in [2.75, 3.05) is 4.90 Å². The van der Waals surface area contributed by atoms with Crippen LogP contribution in [0.5, 0.6) is 0 Å². The van der Waals surface area contributed by atoms with Gasteiger partial charge in [-0.3, -0.25) is 0 Å². The van der Waals surface area contributed by atoms with Gasteiger partial charge in [-0.25, -0.2) is 4.98 Å². The van der Waals surface area contributed by atoms with Gasteiger partial charge in [-0.05, 0) is 41.0 Å². The van der Waals surface area contributed by atoms with Crippen LogP contribution in [-0.2, 0) is 0 Å². The first-order valence-corrected chi connectivity index (χ1v) is 17.0. The second kappa shape index (κ2) is 11.5. The van der Waals surface area contributed by atoms with Gasteiger partial charge in [0.2, 0.25) is 5.95 Å². The molecule has 0 amide bonds. The van der Waals surface area contributed by atoms with E-state index in [1.54, 1.807) is 0 Å². The van der Waals surface area contributed by atoms with Crippen LogP contribution in [0.25, 0.3) is 61.4 Å². The average molecular weight is 642 g/mol. The van der Waals surface area contributed by atoms with Gasteiger partial charge in [-0.1, -0.05) is 152 Å². The monoisotopic (exact) mass is 641 g/mol. The summed E-state index contributed by atoms with van der Waals surface area (Å²) in [4.78, 5) is 18.1. The summed E-state index contributed by atoms with van der Waals surface area (Å²) >= 11 is 0. The van der Waals surface area contributed by atoms with E-state index in [-0.39, 0.29) is 12.0 Å². The highest BCUT2D eigenvalue weighted by Gasteiger charge is 2.41. The van der Waals surface area contributed by atoms with E-state index < -0.39 is 0 Å². The summed E-state index contributed by atoms with van der Waals surface area (Å²) in [5.74, 6) is 2.06. The normalized spacial score (nSPS) is 16.2. The van der Waals surface area contributed by atoms with Gasteiger partial charge in [0, 0.05) is 33.5 Å². The van der Waals surface area contributed by atoms with Gasteiger partial charge in [0.25, 0.3) is 0 Å². The van der Waals surface area contributed by atoms with E-state index in [0.29, 0.717) is 17.6 Å². The number of anilines is 2. The van der Waals surface area contributed by atoms with Crippen molar-refractivity contribution in [1.82, 2.24) is 19.5 Å². The van der Waals surface area contributed by atoms with E-state index in [1.807, 2.05) is 24.3 Å². The summed E-state index contributed by atoms with van der Waals surface area (Å²) in [7, 11) is 0. The molecule has 10 rings (SSSR count). The molecule has 5 nitrogen and oxygen atoms in total. The fourth-order valence-electron chi connectivity index (χ4n) is 7.72. The number of hydrogen-bond acceptors (Lipinski definition) is 4. The molecule has 0 saturated heterocycles. The SMILES string of the molecule is C1=CC2c3ccc4c5ccccc5n(-c5ccccc5)c4c3N(c3nc(-c4ccccc4)nc(-c4cccc(-c5ccccc5)c4)n3)C2C=C1. The maximum Gasteiger partial charge on any atom is 0.234 e. The van der Waals surface area contributed by atoms with Crippen molar-refractivity contribution in [3.8, 4) is 39.6 Å². The van der Waals surface area contributed by atoms with Gasteiger partial charge in [-0.15, -0.1) is 0 Å². The summed E-state index contributed by atoms with van der Waals surface area (Å²) in [6, 6.07) is 53.1. The molecule has 0 radical (unpaired) electrons. The molecule has 0 fully saturated rings. The zero-order valence-electron chi connectivity index (χ0n) is 27.1. The molecule has 6 aromatic carbocycles. The lowest BCUT2D eigenvalue weighted by Crippen LogP contribution is -2.30. The Labute approximate surface area is 290 Å². The molecule has 3 heterocycles. The number of aromatic nitrogens is 4. The molecule has 0 bridgehead atoms. The van der Waals surface area contributed by atoms with Crippen molar-refractivity contribution in [3.05, 3.63) is 182 Å². The molecule has 236 valence electrons. The number of nitrogens with zero attached hydrogens (tertiary/aromatic N) is 5. The van der Waals surface area contributed by atoms with Crippen LogP contribution in [0.2, 0.25) is 0 Å². The van der Waals surface area contributed by atoms with Crippen LogP contribution < -0.4 is 4.90 Å². The lowest BCUT2D eigenvalue weighted by atomic mass is 9.91. The molecule has 0 saturated carbocycles. The van der Waals surface area contributed by atoms with Crippen molar-refractivity contribution in [2.24, 2.45) is 0 Å². The highest BCUT2D eigenvalue weighted by Crippen LogP contribution is 2.52. The van der Waals surface area contributed by atoms with Crippen LogP contribution in [0, 0.1) is 0 Å². The van der Waals surface area contributed by atoms with E-state index in [9.17, 15) is 0 Å². The molecular formula is C45H31N5. The summed E-state index contributed by atoms with van der Waals surface area (Å²) in [5.41, 5.74) is 9.99. The zero-order chi connectivity index (χ0) is 33.0. The predicted octanol–water partition coefficient (Wildman–Crippen LogP) is 10.7. The van der Waals surface area contributed by atoms with Crippen LogP contribution >= 0.6 is 0 Å². The second-order valence-electron chi connectivity index (χ2n) is 12.8. The topological polar surface area (TPSA) is 46.8 Å². The number of hydrogen-bond donors (Lipinski definition) is 0. The highest BCUT2D eigenvalue weighted by molar-refractivity contribution is 6.15. The average Bonchev–Trinajstić information content (AvgIpc) is 3.72. The molecule has 8 aromatic rings. The Morgan fingerprint density at radius 1 is 0.480 bits per heavy atom. The third-order valence-electron chi connectivity index (χ3n) is 9.96. The number of fused-ring (bicyclic) bond motifs is 7. The molecule has 2 unspecified atom stereocenters. The molecule has 50 heavy (non-hydrogen) atoms. The number of allylic oxidation sites excluding steroid dienone is 2. The largest absolute Gasteiger partial charge is 0.307 e. The molecule has 2 atom stereocenters. The van der Waals surface area contributed by atoms with Crippen LogP contribution in [0.15, 0.2) is 176 Å². The van der Waals surface area contributed by atoms with E-state index in [1.165, 1.54) is 21.9 Å².